The topological polar surface area (TPSA) is 52.3 Å². The molecule has 1 aromatic carbocycles. The Hall–Kier alpha value is -1.35. The Balaban J connectivity index is 2.31. The normalized spacial score (nSPS) is 17.1. The molecule has 1 unspecified atom stereocenters. The molecule has 0 saturated heterocycles. The second-order valence-electron chi connectivity index (χ2n) is 4.87. The van der Waals surface area contributed by atoms with Crippen LogP contribution in [-0.2, 0) is 6.42 Å². The number of ketones is 1. The molecule has 1 aliphatic heterocycles. The number of Topliss-reactive ketones (excluding diaryl/α,β-unsaturated/α-hetero) is 1. The summed E-state index contributed by atoms with van der Waals surface area (Å²) in [6, 6.07) is 5.69. The van der Waals surface area contributed by atoms with E-state index in [2.05, 4.69) is 0 Å². The molecule has 1 atom stereocenters. The number of rotatable bonds is 4. The lowest BCUT2D eigenvalue weighted by molar-refractivity contribution is 0.0820. The molecule has 0 fully saturated rings. The Morgan fingerprint density at radius 1 is 1.53 bits per heavy atom. The summed E-state index contributed by atoms with van der Waals surface area (Å²) in [4.78, 5) is 12.4. The first-order valence-electron chi connectivity index (χ1n) is 6.11. The first kappa shape index (κ1) is 12.1. The molecule has 3 nitrogen and oxygen atoms in total. The molecule has 0 amide bonds. The Bertz CT molecular complexity index is 436. The van der Waals surface area contributed by atoms with Gasteiger partial charge in [-0.1, -0.05) is 13.8 Å². The highest BCUT2D eigenvalue weighted by atomic mass is 16.5. The highest BCUT2D eigenvalue weighted by Gasteiger charge is 2.31. The van der Waals surface area contributed by atoms with E-state index >= 15 is 0 Å². The van der Waals surface area contributed by atoms with Crippen LogP contribution in [0.1, 0.15) is 36.2 Å². The van der Waals surface area contributed by atoms with Crippen molar-refractivity contribution in [3.05, 3.63) is 29.3 Å². The third-order valence-electron chi connectivity index (χ3n) is 3.73. The van der Waals surface area contributed by atoms with Gasteiger partial charge in [-0.3, -0.25) is 4.79 Å². The van der Waals surface area contributed by atoms with Crippen molar-refractivity contribution >= 4 is 5.78 Å². The van der Waals surface area contributed by atoms with Gasteiger partial charge in [0.1, 0.15) is 5.75 Å². The number of hydrogen-bond donors (Lipinski definition) is 1. The van der Waals surface area contributed by atoms with Gasteiger partial charge in [-0.2, -0.15) is 0 Å². The number of fused-ring (bicyclic) bond motifs is 1. The summed E-state index contributed by atoms with van der Waals surface area (Å²) >= 11 is 0. The van der Waals surface area contributed by atoms with Gasteiger partial charge in [-0.25, -0.2) is 0 Å². The van der Waals surface area contributed by atoms with Gasteiger partial charge in [0.15, 0.2) is 5.78 Å². The van der Waals surface area contributed by atoms with Crippen molar-refractivity contribution in [2.45, 2.75) is 26.7 Å². The first-order chi connectivity index (χ1) is 8.10. The van der Waals surface area contributed by atoms with Gasteiger partial charge < -0.3 is 10.5 Å². The van der Waals surface area contributed by atoms with Crippen molar-refractivity contribution < 1.29 is 9.53 Å². The molecule has 1 aliphatic rings. The number of nitrogens with two attached hydrogens (primary N) is 1. The van der Waals surface area contributed by atoms with Crippen LogP contribution in [0.15, 0.2) is 18.2 Å². The highest BCUT2D eigenvalue weighted by Crippen LogP contribution is 2.30. The van der Waals surface area contributed by atoms with Crippen LogP contribution < -0.4 is 10.5 Å². The summed E-state index contributed by atoms with van der Waals surface area (Å²) in [6.45, 7) is 5.03. The van der Waals surface area contributed by atoms with E-state index in [0.717, 1.165) is 36.3 Å². The van der Waals surface area contributed by atoms with Crippen molar-refractivity contribution in [2.75, 3.05) is 13.2 Å². The summed E-state index contributed by atoms with van der Waals surface area (Å²) in [5.41, 5.74) is 7.16. The molecule has 0 aliphatic carbocycles. The van der Waals surface area contributed by atoms with E-state index in [4.69, 9.17) is 10.5 Å². The Morgan fingerprint density at radius 3 is 2.94 bits per heavy atom. The average molecular weight is 233 g/mol. The maximum absolute atomic E-state index is 12.4. The highest BCUT2D eigenvalue weighted by molar-refractivity contribution is 6.00. The fourth-order valence-electron chi connectivity index (χ4n) is 2.07. The molecule has 3 heteroatoms. The van der Waals surface area contributed by atoms with Gasteiger partial charge in [0.2, 0.25) is 0 Å². The van der Waals surface area contributed by atoms with Crippen LogP contribution >= 0.6 is 0 Å². The molecule has 2 rings (SSSR count). The third-order valence-corrected chi connectivity index (χ3v) is 3.73. The maximum atomic E-state index is 12.4. The quantitative estimate of drug-likeness (QED) is 0.811. The van der Waals surface area contributed by atoms with E-state index in [0.29, 0.717) is 6.54 Å². The van der Waals surface area contributed by atoms with Crippen LogP contribution in [0, 0.1) is 5.41 Å². The minimum Gasteiger partial charge on any atom is -0.493 e. The minimum atomic E-state index is -0.451. The van der Waals surface area contributed by atoms with Gasteiger partial charge in [0, 0.05) is 23.9 Å². The second kappa shape index (κ2) is 4.49. The van der Waals surface area contributed by atoms with E-state index in [1.165, 1.54) is 0 Å². The molecule has 1 aromatic rings. The zero-order valence-electron chi connectivity index (χ0n) is 10.5. The monoisotopic (exact) mass is 233 g/mol. The molecule has 92 valence electrons. The molecule has 0 spiro atoms. The summed E-state index contributed by atoms with van der Waals surface area (Å²) in [6.07, 6.45) is 1.65. The van der Waals surface area contributed by atoms with Crippen LogP contribution in [-0.4, -0.2) is 18.9 Å². The van der Waals surface area contributed by atoms with Crippen LogP contribution in [0.4, 0.5) is 0 Å². The van der Waals surface area contributed by atoms with Gasteiger partial charge in [0.25, 0.3) is 0 Å². The second-order valence-corrected chi connectivity index (χ2v) is 4.87. The lowest BCUT2D eigenvalue weighted by Crippen LogP contribution is -2.35. The number of benzene rings is 1. The number of carbonyl (C=O) groups excluding carboxylic acids is 1. The Morgan fingerprint density at radius 2 is 2.29 bits per heavy atom. The van der Waals surface area contributed by atoms with E-state index in [1.807, 2.05) is 32.0 Å². The van der Waals surface area contributed by atoms with Crippen molar-refractivity contribution in [3.8, 4) is 5.75 Å². The number of hydrogen-bond acceptors (Lipinski definition) is 3. The summed E-state index contributed by atoms with van der Waals surface area (Å²) in [5.74, 6) is 1.05. The lowest BCUT2D eigenvalue weighted by atomic mass is 9.79. The van der Waals surface area contributed by atoms with Crippen molar-refractivity contribution in [3.63, 3.8) is 0 Å². The fraction of sp³-hybridized carbons (Fsp3) is 0.500. The molecular weight excluding hydrogens is 214 g/mol. The Kier molecular flexibility index (Phi) is 3.20. The lowest BCUT2D eigenvalue weighted by Gasteiger charge is -2.24. The number of carbonyl (C=O) groups is 1. The summed E-state index contributed by atoms with van der Waals surface area (Å²) < 4.78 is 5.44. The standard InChI is InChI=1S/C14H19NO2/c1-3-14(2,9-15)13(16)11-4-5-12-10(8-11)6-7-17-12/h4-5,8H,3,6-7,9,15H2,1-2H3. The van der Waals surface area contributed by atoms with Crippen molar-refractivity contribution in [2.24, 2.45) is 11.1 Å². The van der Waals surface area contributed by atoms with E-state index < -0.39 is 5.41 Å². The molecule has 0 saturated carbocycles. The van der Waals surface area contributed by atoms with E-state index in [9.17, 15) is 4.79 Å². The molecule has 0 bridgehead atoms. The summed E-state index contributed by atoms with van der Waals surface area (Å²) in [7, 11) is 0. The van der Waals surface area contributed by atoms with Gasteiger partial charge in [0.05, 0.1) is 6.61 Å². The van der Waals surface area contributed by atoms with Crippen molar-refractivity contribution in [1.82, 2.24) is 0 Å². The zero-order valence-corrected chi connectivity index (χ0v) is 10.5. The largest absolute Gasteiger partial charge is 0.493 e. The van der Waals surface area contributed by atoms with Crippen LogP contribution in [0.5, 0.6) is 5.75 Å². The van der Waals surface area contributed by atoms with Crippen molar-refractivity contribution in [1.29, 1.82) is 0 Å². The fourth-order valence-corrected chi connectivity index (χ4v) is 2.07. The molecular formula is C14H19NO2. The predicted octanol–water partition coefficient (Wildman–Crippen LogP) is 2.18. The van der Waals surface area contributed by atoms with Crippen LogP contribution in [0.2, 0.25) is 0 Å². The third kappa shape index (κ3) is 2.07. The summed E-state index contributed by atoms with van der Waals surface area (Å²) in [5, 5.41) is 0. The van der Waals surface area contributed by atoms with E-state index in [-0.39, 0.29) is 5.78 Å². The SMILES string of the molecule is CCC(C)(CN)C(=O)c1ccc2c(c1)CCO2. The minimum absolute atomic E-state index is 0.136. The zero-order chi connectivity index (χ0) is 12.5. The smallest absolute Gasteiger partial charge is 0.169 e. The van der Waals surface area contributed by atoms with Crippen LogP contribution in [0.3, 0.4) is 0 Å². The molecule has 0 aromatic heterocycles. The Labute approximate surface area is 102 Å². The van der Waals surface area contributed by atoms with Gasteiger partial charge >= 0.3 is 0 Å². The number of ether oxygens (including phenoxy) is 1. The van der Waals surface area contributed by atoms with Gasteiger partial charge in [-0.15, -0.1) is 0 Å². The van der Waals surface area contributed by atoms with E-state index in [1.54, 1.807) is 0 Å². The first-order valence-corrected chi connectivity index (χ1v) is 6.11. The molecule has 1 heterocycles. The molecule has 0 radical (unpaired) electrons. The van der Waals surface area contributed by atoms with Gasteiger partial charge in [-0.05, 0) is 30.2 Å². The van der Waals surface area contributed by atoms with Crippen LogP contribution in [0.25, 0.3) is 0 Å². The average Bonchev–Trinajstić information content (AvgIpc) is 2.84. The molecule has 17 heavy (non-hydrogen) atoms. The predicted molar refractivity (Wildman–Crippen MR) is 67.4 cm³/mol. The molecule has 2 N–H and O–H groups in total. The maximum Gasteiger partial charge on any atom is 0.169 e.